The fraction of sp³-hybridized carbons (Fsp3) is 0.125. The van der Waals surface area contributed by atoms with Gasteiger partial charge in [-0.15, -0.1) is 0 Å². The highest BCUT2D eigenvalue weighted by Gasteiger charge is 2.08. The van der Waals surface area contributed by atoms with Crippen molar-refractivity contribution in [1.82, 2.24) is 10.1 Å². The maximum atomic E-state index is 5.01. The minimum Gasteiger partial charge on any atom is -0.339 e. The third-order valence-corrected chi connectivity index (χ3v) is 3.10. The molecule has 3 nitrogen and oxygen atoms in total. The van der Waals surface area contributed by atoms with Crippen molar-refractivity contribution in [2.45, 2.75) is 13.8 Å². The molecule has 0 N–H and O–H groups in total. The molecule has 0 unspecified atom stereocenters. The molecule has 0 spiro atoms. The van der Waals surface area contributed by atoms with E-state index in [2.05, 4.69) is 41.3 Å². The summed E-state index contributed by atoms with van der Waals surface area (Å²) in [5.74, 6) is 1.22. The van der Waals surface area contributed by atoms with Gasteiger partial charge in [-0.2, -0.15) is 4.98 Å². The van der Waals surface area contributed by atoms with Gasteiger partial charge in [-0.05, 0) is 29.7 Å². The van der Waals surface area contributed by atoms with Gasteiger partial charge >= 0.3 is 0 Å². The molecule has 0 aliphatic heterocycles. The average molecular weight is 250 g/mol. The van der Waals surface area contributed by atoms with Crippen LogP contribution in [0, 0.1) is 13.8 Å². The molecule has 19 heavy (non-hydrogen) atoms. The van der Waals surface area contributed by atoms with Gasteiger partial charge in [-0.3, -0.25) is 0 Å². The van der Waals surface area contributed by atoms with Crippen LogP contribution in [0.3, 0.4) is 0 Å². The molecule has 3 aromatic rings. The fourth-order valence-corrected chi connectivity index (χ4v) is 2.16. The molecule has 0 atom stereocenters. The highest BCUT2D eigenvalue weighted by Crippen LogP contribution is 2.27. The zero-order valence-electron chi connectivity index (χ0n) is 10.9. The fourth-order valence-electron chi connectivity index (χ4n) is 2.16. The van der Waals surface area contributed by atoms with E-state index in [4.69, 9.17) is 4.52 Å². The van der Waals surface area contributed by atoms with Crippen LogP contribution >= 0.6 is 0 Å². The molecule has 3 rings (SSSR count). The van der Waals surface area contributed by atoms with E-state index in [0.29, 0.717) is 11.7 Å². The van der Waals surface area contributed by atoms with Crippen LogP contribution in [0.15, 0.2) is 53.1 Å². The van der Waals surface area contributed by atoms with E-state index in [0.717, 1.165) is 5.56 Å². The zero-order valence-corrected chi connectivity index (χ0v) is 10.9. The second kappa shape index (κ2) is 4.69. The van der Waals surface area contributed by atoms with Crippen molar-refractivity contribution in [2.24, 2.45) is 0 Å². The first-order chi connectivity index (χ1) is 9.24. The summed E-state index contributed by atoms with van der Waals surface area (Å²) in [6.07, 6.45) is 0. The first-order valence-corrected chi connectivity index (χ1v) is 6.21. The van der Waals surface area contributed by atoms with Gasteiger partial charge in [-0.25, -0.2) is 0 Å². The van der Waals surface area contributed by atoms with Crippen molar-refractivity contribution < 1.29 is 4.52 Å². The van der Waals surface area contributed by atoms with Crippen LogP contribution < -0.4 is 0 Å². The van der Waals surface area contributed by atoms with Crippen molar-refractivity contribution >= 4 is 0 Å². The van der Waals surface area contributed by atoms with Gasteiger partial charge in [0.2, 0.25) is 11.7 Å². The molecule has 0 bridgehead atoms. The molecule has 94 valence electrons. The summed E-state index contributed by atoms with van der Waals surface area (Å²) >= 11 is 0. The van der Waals surface area contributed by atoms with Crippen molar-refractivity contribution in [3.05, 3.63) is 60.0 Å². The Morgan fingerprint density at radius 1 is 0.895 bits per heavy atom. The van der Waals surface area contributed by atoms with E-state index >= 15 is 0 Å². The normalized spacial score (nSPS) is 10.6. The highest BCUT2D eigenvalue weighted by molar-refractivity contribution is 5.71. The molecular formula is C16H14N2O. The second-order valence-corrected chi connectivity index (χ2v) is 4.53. The average Bonchev–Trinajstić information content (AvgIpc) is 2.86. The Morgan fingerprint density at radius 3 is 2.32 bits per heavy atom. The van der Waals surface area contributed by atoms with E-state index in [9.17, 15) is 0 Å². The molecule has 0 saturated heterocycles. The smallest absolute Gasteiger partial charge is 0.223 e. The van der Waals surface area contributed by atoms with Crippen LogP contribution in [0.4, 0.5) is 0 Å². The third kappa shape index (κ3) is 2.27. The van der Waals surface area contributed by atoms with Gasteiger partial charge in [-0.1, -0.05) is 47.6 Å². The maximum Gasteiger partial charge on any atom is 0.223 e. The van der Waals surface area contributed by atoms with E-state index in [-0.39, 0.29) is 0 Å². The number of hydrogen-bond donors (Lipinski definition) is 0. The van der Waals surface area contributed by atoms with Gasteiger partial charge in [0.25, 0.3) is 0 Å². The monoisotopic (exact) mass is 250 g/mol. The number of hydrogen-bond acceptors (Lipinski definition) is 3. The number of aromatic nitrogens is 2. The molecule has 3 heteroatoms. The van der Waals surface area contributed by atoms with E-state index in [1.165, 1.54) is 16.7 Å². The Balaban J connectivity index is 2.03. The van der Waals surface area contributed by atoms with Crippen molar-refractivity contribution in [1.29, 1.82) is 0 Å². The summed E-state index contributed by atoms with van der Waals surface area (Å²) in [6.45, 7) is 3.89. The Morgan fingerprint density at radius 2 is 1.68 bits per heavy atom. The molecule has 2 aromatic carbocycles. The molecule has 1 heterocycles. The van der Waals surface area contributed by atoms with Crippen molar-refractivity contribution in [3.8, 4) is 22.5 Å². The molecule has 0 fully saturated rings. The van der Waals surface area contributed by atoms with E-state index in [1.54, 1.807) is 6.92 Å². The Labute approximate surface area is 111 Å². The SMILES string of the molecule is Cc1nc(-c2ccc(-c3ccccc3)c(C)c2)no1. The lowest BCUT2D eigenvalue weighted by atomic mass is 9.98. The molecule has 1 aromatic heterocycles. The van der Waals surface area contributed by atoms with Crippen LogP contribution in [0.2, 0.25) is 0 Å². The van der Waals surface area contributed by atoms with Crippen LogP contribution in [0.25, 0.3) is 22.5 Å². The highest BCUT2D eigenvalue weighted by atomic mass is 16.5. The van der Waals surface area contributed by atoms with Crippen LogP contribution in [-0.2, 0) is 0 Å². The standard InChI is InChI=1S/C16H14N2O/c1-11-10-14(16-17-12(2)19-18-16)8-9-15(11)13-6-4-3-5-7-13/h3-10H,1-2H3. The lowest BCUT2D eigenvalue weighted by molar-refractivity contribution is 0.394. The number of nitrogens with zero attached hydrogens (tertiary/aromatic N) is 2. The Bertz CT molecular complexity index is 702. The summed E-state index contributed by atoms with van der Waals surface area (Å²) in [7, 11) is 0. The van der Waals surface area contributed by atoms with Gasteiger partial charge in [0.05, 0.1) is 0 Å². The molecule has 0 radical (unpaired) electrons. The van der Waals surface area contributed by atoms with Crippen LogP contribution in [-0.4, -0.2) is 10.1 Å². The van der Waals surface area contributed by atoms with E-state index < -0.39 is 0 Å². The van der Waals surface area contributed by atoms with Crippen molar-refractivity contribution in [2.75, 3.05) is 0 Å². The Hall–Kier alpha value is -2.42. The summed E-state index contributed by atoms with van der Waals surface area (Å²) in [4.78, 5) is 4.25. The summed E-state index contributed by atoms with van der Waals surface area (Å²) in [5, 5.41) is 3.94. The number of rotatable bonds is 2. The lowest BCUT2D eigenvalue weighted by Crippen LogP contribution is -1.86. The van der Waals surface area contributed by atoms with Gasteiger partial charge in [0.1, 0.15) is 0 Å². The van der Waals surface area contributed by atoms with E-state index in [1.807, 2.05) is 24.3 Å². The second-order valence-electron chi connectivity index (χ2n) is 4.53. The van der Waals surface area contributed by atoms with Gasteiger partial charge in [0, 0.05) is 12.5 Å². The molecular weight excluding hydrogens is 236 g/mol. The van der Waals surface area contributed by atoms with Crippen LogP contribution in [0.5, 0.6) is 0 Å². The molecule has 0 aliphatic rings. The molecule has 0 amide bonds. The third-order valence-electron chi connectivity index (χ3n) is 3.10. The topological polar surface area (TPSA) is 38.9 Å². The molecule has 0 aliphatic carbocycles. The largest absolute Gasteiger partial charge is 0.339 e. The first-order valence-electron chi connectivity index (χ1n) is 6.21. The first kappa shape index (κ1) is 11.7. The number of aryl methyl sites for hydroxylation is 2. The summed E-state index contributed by atoms with van der Waals surface area (Å²) < 4.78 is 5.01. The summed E-state index contributed by atoms with van der Waals surface area (Å²) in [6, 6.07) is 16.6. The zero-order chi connectivity index (χ0) is 13.2. The Kier molecular flexibility index (Phi) is 2.88. The van der Waals surface area contributed by atoms with Gasteiger partial charge < -0.3 is 4.52 Å². The predicted octanol–water partition coefficient (Wildman–Crippen LogP) is 4.02. The molecule has 0 saturated carbocycles. The number of benzene rings is 2. The lowest BCUT2D eigenvalue weighted by Gasteiger charge is -2.07. The predicted molar refractivity (Wildman–Crippen MR) is 74.6 cm³/mol. The minimum absolute atomic E-state index is 0.583. The summed E-state index contributed by atoms with van der Waals surface area (Å²) in [5.41, 5.74) is 4.63. The minimum atomic E-state index is 0.583. The quantitative estimate of drug-likeness (QED) is 0.689. The van der Waals surface area contributed by atoms with Crippen LogP contribution in [0.1, 0.15) is 11.5 Å². The van der Waals surface area contributed by atoms with Crippen molar-refractivity contribution in [3.63, 3.8) is 0 Å². The maximum absolute atomic E-state index is 5.01. The van der Waals surface area contributed by atoms with Gasteiger partial charge in [0.15, 0.2) is 0 Å².